The molecule has 1 fully saturated rings. The van der Waals surface area contributed by atoms with Crippen LogP contribution in [0.5, 0.6) is 0 Å². The summed E-state index contributed by atoms with van der Waals surface area (Å²) < 4.78 is 5.78. The second kappa shape index (κ2) is 9.50. The molecule has 0 radical (unpaired) electrons. The van der Waals surface area contributed by atoms with E-state index in [9.17, 15) is 14.4 Å². The highest BCUT2D eigenvalue weighted by molar-refractivity contribution is 6.30. The molecule has 1 aromatic heterocycles. The number of carbonyl (C=O) groups is 3. The van der Waals surface area contributed by atoms with E-state index in [0.29, 0.717) is 41.2 Å². The number of ether oxygens (including phenoxy) is 1. The fourth-order valence-electron chi connectivity index (χ4n) is 5.23. The van der Waals surface area contributed by atoms with Crippen molar-refractivity contribution in [3.8, 4) is 0 Å². The van der Waals surface area contributed by atoms with Gasteiger partial charge in [0.15, 0.2) is 5.60 Å². The second-order valence-electron chi connectivity index (χ2n) is 9.56. The van der Waals surface area contributed by atoms with Crippen molar-refractivity contribution in [2.24, 2.45) is 0 Å². The fourth-order valence-corrected chi connectivity index (χ4v) is 5.40. The normalized spacial score (nSPS) is 19.1. The van der Waals surface area contributed by atoms with Crippen LogP contribution in [-0.4, -0.2) is 51.9 Å². The number of H-pyrrole nitrogens is 1. The minimum absolute atomic E-state index is 0.160. The SMILES string of the molecule is O=C1Nc2ccc(Cl)cc2C2(CCN(C(=O)C(Cc3ccccc3)NC(=O)c3ccc4[nH]cnc4c3)C2)O1. The van der Waals surface area contributed by atoms with E-state index < -0.39 is 17.7 Å². The molecule has 3 N–H and O–H groups in total. The first-order chi connectivity index (χ1) is 18.4. The number of benzene rings is 3. The summed E-state index contributed by atoms with van der Waals surface area (Å²) >= 11 is 6.26. The van der Waals surface area contributed by atoms with E-state index >= 15 is 0 Å². The number of anilines is 1. The maximum Gasteiger partial charge on any atom is 0.412 e. The molecule has 0 bridgehead atoms. The Labute approximate surface area is 223 Å². The Morgan fingerprint density at radius 3 is 2.82 bits per heavy atom. The first-order valence-corrected chi connectivity index (χ1v) is 12.6. The molecule has 1 spiro atoms. The fraction of sp³-hybridized carbons (Fsp3) is 0.214. The van der Waals surface area contributed by atoms with Crippen LogP contribution in [0.25, 0.3) is 11.0 Å². The quantitative estimate of drug-likeness (QED) is 0.357. The zero-order valence-corrected chi connectivity index (χ0v) is 21.0. The molecule has 4 aromatic rings. The number of aromatic amines is 1. The molecule has 38 heavy (non-hydrogen) atoms. The van der Waals surface area contributed by atoms with Crippen LogP contribution in [0.3, 0.4) is 0 Å². The van der Waals surface area contributed by atoms with E-state index in [1.807, 2.05) is 30.3 Å². The molecule has 0 saturated carbocycles. The third-order valence-corrected chi connectivity index (χ3v) is 7.35. The van der Waals surface area contributed by atoms with Gasteiger partial charge in [-0.25, -0.2) is 9.78 Å². The Morgan fingerprint density at radius 2 is 1.97 bits per heavy atom. The van der Waals surface area contributed by atoms with E-state index in [-0.39, 0.29) is 18.4 Å². The number of rotatable bonds is 5. The maximum atomic E-state index is 13.9. The summed E-state index contributed by atoms with van der Waals surface area (Å²) in [5.74, 6) is -0.624. The van der Waals surface area contributed by atoms with Gasteiger partial charge in [-0.05, 0) is 42.0 Å². The number of nitrogens with one attached hydrogen (secondary N) is 3. The average Bonchev–Trinajstić information content (AvgIpc) is 3.56. The number of nitrogens with zero attached hydrogens (tertiary/aromatic N) is 2. The molecule has 9 nitrogen and oxygen atoms in total. The highest BCUT2D eigenvalue weighted by Gasteiger charge is 2.49. The Bertz CT molecular complexity index is 1560. The van der Waals surface area contributed by atoms with E-state index in [1.54, 1.807) is 47.6 Å². The maximum absolute atomic E-state index is 13.9. The average molecular weight is 530 g/mol. The third kappa shape index (κ3) is 4.45. The number of likely N-dealkylation sites (tertiary alicyclic amines) is 1. The molecule has 10 heteroatoms. The predicted molar refractivity (Wildman–Crippen MR) is 142 cm³/mol. The van der Waals surface area contributed by atoms with Crippen LogP contribution in [0.1, 0.15) is 27.9 Å². The van der Waals surface area contributed by atoms with Crippen LogP contribution in [0.15, 0.2) is 73.1 Å². The van der Waals surface area contributed by atoms with Crippen molar-refractivity contribution in [2.45, 2.75) is 24.5 Å². The summed E-state index contributed by atoms with van der Waals surface area (Å²) in [6.07, 6.45) is 1.72. The van der Waals surface area contributed by atoms with Gasteiger partial charge in [0.05, 0.1) is 29.6 Å². The monoisotopic (exact) mass is 529 g/mol. The van der Waals surface area contributed by atoms with Crippen molar-refractivity contribution < 1.29 is 19.1 Å². The summed E-state index contributed by atoms with van der Waals surface area (Å²) in [5, 5.41) is 6.15. The van der Waals surface area contributed by atoms with Gasteiger partial charge in [0.25, 0.3) is 5.91 Å². The molecule has 3 amide bonds. The Hall–Kier alpha value is -4.37. The summed E-state index contributed by atoms with van der Waals surface area (Å²) in [4.78, 5) is 48.4. The standard InChI is InChI=1S/C28H24ClN5O4/c29-19-7-9-21-20(14-19)28(38-27(37)33-21)10-11-34(15-28)26(36)24(12-17-4-2-1-3-5-17)32-25(35)18-6-8-22-23(13-18)31-16-30-22/h1-9,13-14,16,24H,10-12,15H2,(H,30,31)(H,32,35)(H,33,37). The Morgan fingerprint density at radius 1 is 1.13 bits per heavy atom. The summed E-state index contributed by atoms with van der Waals surface area (Å²) in [6, 6.07) is 19.0. The molecule has 3 heterocycles. The molecule has 0 aliphatic carbocycles. The molecule has 192 valence electrons. The largest absolute Gasteiger partial charge is 0.436 e. The Balaban J connectivity index is 1.27. The number of aromatic nitrogens is 2. The summed E-state index contributed by atoms with van der Waals surface area (Å²) in [6.45, 7) is 0.519. The van der Waals surface area contributed by atoms with Gasteiger partial charge in [-0.15, -0.1) is 0 Å². The molecular weight excluding hydrogens is 506 g/mol. The van der Waals surface area contributed by atoms with Crippen molar-refractivity contribution in [3.05, 3.63) is 94.8 Å². The number of imidazole rings is 1. The van der Waals surface area contributed by atoms with E-state index in [2.05, 4.69) is 20.6 Å². The number of amides is 3. The van der Waals surface area contributed by atoms with Crippen molar-refractivity contribution in [1.29, 1.82) is 0 Å². The van der Waals surface area contributed by atoms with Gasteiger partial charge in [0.1, 0.15) is 6.04 Å². The lowest BCUT2D eigenvalue weighted by molar-refractivity contribution is -0.133. The van der Waals surface area contributed by atoms with Crippen LogP contribution in [0.4, 0.5) is 10.5 Å². The van der Waals surface area contributed by atoms with Gasteiger partial charge in [-0.2, -0.15) is 0 Å². The van der Waals surface area contributed by atoms with Crippen molar-refractivity contribution in [3.63, 3.8) is 0 Å². The highest BCUT2D eigenvalue weighted by Crippen LogP contribution is 2.43. The van der Waals surface area contributed by atoms with Crippen molar-refractivity contribution in [1.82, 2.24) is 20.2 Å². The molecular formula is C28H24ClN5O4. The zero-order chi connectivity index (χ0) is 26.3. The van der Waals surface area contributed by atoms with Gasteiger partial charge < -0.3 is 19.9 Å². The number of fused-ring (bicyclic) bond motifs is 3. The number of hydrogen-bond donors (Lipinski definition) is 3. The van der Waals surface area contributed by atoms with Crippen LogP contribution in [0, 0.1) is 0 Å². The Kier molecular flexibility index (Phi) is 6.00. The van der Waals surface area contributed by atoms with Gasteiger partial charge >= 0.3 is 6.09 Å². The lowest BCUT2D eigenvalue weighted by Gasteiger charge is -2.35. The first kappa shape index (κ1) is 24.0. The smallest absolute Gasteiger partial charge is 0.412 e. The molecule has 2 unspecified atom stereocenters. The summed E-state index contributed by atoms with van der Waals surface area (Å²) in [5.41, 5.74) is 3.13. The van der Waals surface area contributed by atoms with Gasteiger partial charge in [-0.1, -0.05) is 41.9 Å². The zero-order valence-electron chi connectivity index (χ0n) is 20.2. The van der Waals surface area contributed by atoms with Crippen LogP contribution >= 0.6 is 11.6 Å². The summed E-state index contributed by atoms with van der Waals surface area (Å²) in [7, 11) is 0. The molecule has 6 rings (SSSR count). The molecule has 2 aliphatic rings. The van der Waals surface area contributed by atoms with Gasteiger partial charge in [-0.3, -0.25) is 14.9 Å². The molecule has 2 aliphatic heterocycles. The minimum Gasteiger partial charge on any atom is -0.436 e. The first-order valence-electron chi connectivity index (χ1n) is 12.3. The van der Waals surface area contributed by atoms with Gasteiger partial charge in [0, 0.05) is 35.5 Å². The number of hydrogen-bond acceptors (Lipinski definition) is 5. The molecule has 3 aromatic carbocycles. The lowest BCUT2D eigenvalue weighted by Crippen LogP contribution is -2.50. The topological polar surface area (TPSA) is 116 Å². The van der Waals surface area contributed by atoms with Crippen LogP contribution in [-0.2, 0) is 21.6 Å². The van der Waals surface area contributed by atoms with E-state index in [1.165, 1.54) is 0 Å². The van der Waals surface area contributed by atoms with Crippen LogP contribution < -0.4 is 10.6 Å². The van der Waals surface area contributed by atoms with Gasteiger partial charge in [0.2, 0.25) is 5.91 Å². The van der Waals surface area contributed by atoms with Crippen molar-refractivity contribution >= 4 is 46.2 Å². The molecule has 2 atom stereocenters. The predicted octanol–water partition coefficient (Wildman–Crippen LogP) is 4.25. The van der Waals surface area contributed by atoms with Crippen molar-refractivity contribution in [2.75, 3.05) is 18.4 Å². The second-order valence-corrected chi connectivity index (χ2v) is 10.00. The third-order valence-electron chi connectivity index (χ3n) is 7.11. The highest BCUT2D eigenvalue weighted by atomic mass is 35.5. The molecule has 1 saturated heterocycles. The van der Waals surface area contributed by atoms with E-state index in [0.717, 1.165) is 16.6 Å². The number of carbonyl (C=O) groups excluding carboxylic acids is 3. The van der Waals surface area contributed by atoms with Crippen LogP contribution in [0.2, 0.25) is 5.02 Å². The number of halogens is 1. The minimum atomic E-state index is -1.01. The lowest BCUT2D eigenvalue weighted by atomic mass is 9.90. The van der Waals surface area contributed by atoms with E-state index in [4.69, 9.17) is 16.3 Å².